The molecule has 0 saturated carbocycles. The molecule has 0 unspecified atom stereocenters. The summed E-state index contributed by atoms with van der Waals surface area (Å²) < 4.78 is 23.9. The number of hydrogen-bond acceptors (Lipinski definition) is 3. The van der Waals surface area contributed by atoms with Crippen LogP contribution in [-0.4, -0.2) is 25.2 Å². The number of carboxylic acids is 1. The number of terminal acetylenes is 1. The summed E-state index contributed by atoms with van der Waals surface area (Å²) in [7, 11) is -3.46. The van der Waals surface area contributed by atoms with Gasteiger partial charge in [-0.15, -0.1) is 12.3 Å². The lowest BCUT2D eigenvalue weighted by molar-refractivity contribution is 0.0696. The molecule has 0 atom stereocenters. The van der Waals surface area contributed by atoms with Gasteiger partial charge in [-0.1, -0.05) is 6.07 Å². The molecule has 1 N–H and O–H groups in total. The molecule has 0 amide bonds. The van der Waals surface area contributed by atoms with Crippen molar-refractivity contribution in [3.05, 3.63) is 29.3 Å². The Morgan fingerprint density at radius 3 is 2.67 bits per heavy atom. The number of carboxylic acid groups (broad SMARTS) is 1. The van der Waals surface area contributed by atoms with Crippen LogP contribution in [0.15, 0.2) is 23.1 Å². The Labute approximate surface area is 107 Å². The molecule has 0 fully saturated rings. The first-order valence-electron chi connectivity index (χ1n) is 5.38. The van der Waals surface area contributed by atoms with E-state index in [9.17, 15) is 13.2 Å². The highest BCUT2D eigenvalue weighted by Gasteiger charge is 2.17. The van der Waals surface area contributed by atoms with Crippen LogP contribution in [0.3, 0.4) is 0 Å². The van der Waals surface area contributed by atoms with Gasteiger partial charge in [0.15, 0.2) is 9.84 Å². The van der Waals surface area contributed by atoms with Crippen LogP contribution in [-0.2, 0) is 9.84 Å². The first-order valence-corrected chi connectivity index (χ1v) is 7.04. The first kappa shape index (κ1) is 14.3. The fraction of sp³-hybridized carbons (Fsp3) is 0.308. The molecule has 1 rings (SSSR count). The zero-order valence-corrected chi connectivity index (χ0v) is 10.8. The van der Waals surface area contributed by atoms with Crippen molar-refractivity contribution in [2.45, 2.75) is 24.7 Å². The van der Waals surface area contributed by atoms with Gasteiger partial charge in [-0.05, 0) is 31.0 Å². The normalized spacial score (nSPS) is 10.9. The Hall–Kier alpha value is -1.80. The molecular weight excluding hydrogens is 252 g/mol. The topological polar surface area (TPSA) is 71.4 Å². The molecule has 96 valence electrons. The number of rotatable bonds is 5. The van der Waals surface area contributed by atoms with Gasteiger partial charge in [-0.2, -0.15) is 0 Å². The van der Waals surface area contributed by atoms with Crippen LogP contribution in [0, 0.1) is 19.3 Å². The highest BCUT2D eigenvalue weighted by Crippen LogP contribution is 2.17. The Bertz CT molecular complexity index is 594. The summed E-state index contributed by atoms with van der Waals surface area (Å²) in [4.78, 5) is 11.0. The van der Waals surface area contributed by atoms with E-state index in [4.69, 9.17) is 11.5 Å². The van der Waals surface area contributed by atoms with Gasteiger partial charge in [-0.3, -0.25) is 0 Å². The van der Waals surface area contributed by atoms with Crippen molar-refractivity contribution in [1.29, 1.82) is 0 Å². The molecule has 1 aromatic rings. The number of unbranched alkanes of at least 4 members (excludes halogenated alkanes) is 1. The molecule has 0 aliphatic rings. The third-order valence-corrected chi connectivity index (χ3v) is 4.33. The van der Waals surface area contributed by atoms with Crippen molar-refractivity contribution < 1.29 is 18.3 Å². The molecule has 0 radical (unpaired) electrons. The van der Waals surface area contributed by atoms with Crippen LogP contribution < -0.4 is 0 Å². The molecule has 1 aromatic carbocycles. The third-order valence-electron chi connectivity index (χ3n) is 2.53. The number of benzene rings is 1. The Morgan fingerprint density at radius 2 is 2.11 bits per heavy atom. The van der Waals surface area contributed by atoms with Crippen molar-refractivity contribution in [2.75, 3.05) is 5.75 Å². The number of aromatic carboxylic acids is 1. The molecule has 0 bridgehead atoms. The molecule has 4 nitrogen and oxygen atoms in total. The van der Waals surface area contributed by atoms with Gasteiger partial charge < -0.3 is 5.11 Å². The summed E-state index contributed by atoms with van der Waals surface area (Å²) >= 11 is 0. The number of hydrogen-bond donors (Lipinski definition) is 1. The SMILES string of the molecule is C#CCCCS(=O)(=O)c1ccc(C)c(C(=O)O)c1. The van der Waals surface area contributed by atoms with Gasteiger partial charge in [-0.25, -0.2) is 13.2 Å². The molecule has 0 aromatic heterocycles. The predicted molar refractivity (Wildman–Crippen MR) is 68.3 cm³/mol. The minimum absolute atomic E-state index is 0.00743. The zero-order chi connectivity index (χ0) is 13.8. The average molecular weight is 266 g/mol. The van der Waals surface area contributed by atoms with Crippen LogP contribution in [0.2, 0.25) is 0 Å². The minimum atomic E-state index is -3.46. The molecule has 0 heterocycles. The van der Waals surface area contributed by atoms with Crippen molar-refractivity contribution in [1.82, 2.24) is 0 Å². The van der Waals surface area contributed by atoms with E-state index in [2.05, 4.69) is 5.92 Å². The maximum absolute atomic E-state index is 11.9. The number of aryl methyl sites for hydroxylation is 1. The predicted octanol–water partition coefficient (Wildman–Crippen LogP) is 1.88. The maximum Gasteiger partial charge on any atom is 0.335 e. The highest BCUT2D eigenvalue weighted by molar-refractivity contribution is 7.91. The second-order valence-corrected chi connectivity index (χ2v) is 6.02. The van der Waals surface area contributed by atoms with Crippen LogP contribution in [0.1, 0.15) is 28.8 Å². The van der Waals surface area contributed by atoms with Crippen LogP contribution >= 0.6 is 0 Å². The lowest BCUT2D eigenvalue weighted by atomic mass is 10.1. The standard InChI is InChI=1S/C13H14O4S/c1-3-4-5-8-18(16,17)11-7-6-10(2)12(9-11)13(14)15/h1,6-7,9H,4-5,8H2,2H3,(H,14,15). The molecule has 5 heteroatoms. The lowest BCUT2D eigenvalue weighted by Gasteiger charge is -2.06. The van der Waals surface area contributed by atoms with Crippen molar-refractivity contribution >= 4 is 15.8 Å². The third kappa shape index (κ3) is 3.34. The maximum atomic E-state index is 11.9. The van der Waals surface area contributed by atoms with E-state index in [0.29, 0.717) is 18.4 Å². The van der Waals surface area contributed by atoms with E-state index < -0.39 is 15.8 Å². The van der Waals surface area contributed by atoms with Gasteiger partial charge in [0.25, 0.3) is 0 Å². The largest absolute Gasteiger partial charge is 0.478 e. The second kappa shape index (κ2) is 5.69. The van der Waals surface area contributed by atoms with E-state index in [1.165, 1.54) is 18.2 Å². The van der Waals surface area contributed by atoms with Crippen molar-refractivity contribution in [3.63, 3.8) is 0 Å². The summed E-state index contributed by atoms with van der Waals surface area (Å²) in [5.41, 5.74) is 0.540. The number of sulfone groups is 1. The Balaban J connectivity index is 3.07. The number of carbonyl (C=O) groups is 1. The second-order valence-electron chi connectivity index (χ2n) is 3.91. The van der Waals surface area contributed by atoms with Gasteiger partial charge >= 0.3 is 5.97 Å². The molecule has 18 heavy (non-hydrogen) atoms. The zero-order valence-electron chi connectivity index (χ0n) is 10.0. The quantitative estimate of drug-likeness (QED) is 0.652. The fourth-order valence-corrected chi connectivity index (χ4v) is 2.84. The Morgan fingerprint density at radius 1 is 1.44 bits per heavy atom. The molecule has 0 aliphatic heterocycles. The van der Waals surface area contributed by atoms with E-state index in [1.807, 2.05) is 0 Å². The smallest absolute Gasteiger partial charge is 0.335 e. The molecule has 0 spiro atoms. The van der Waals surface area contributed by atoms with Crippen molar-refractivity contribution in [3.8, 4) is 12.3 Å². The van der Waals surface area contributed by atoms with Crippen molar-refractivity contribution in [2.24, 2.45) is 0 Å². The van der Waals surface area contributed by atoms with E-state index >= 15 is 0 Å². The molecular formula is C13H14O4S. The van der Waals surface area contributed by atoms with Gasteiger partial charge in [0.2, 0.25) is 0 Å². The van der Waals surface area contributed by atoms with E-state index in [0.717, 1.165) is 0 Å². The van der Waals surface area contributed by atoms with E-state index in [-0.39, 0.29) is 16.2 Å². The first-order chi connectivity index (χ1) is 8.38. The summed E-state index contributed by atoms with van der Waals surface area (Å²) in [5.74, 6) is 1.17. The van der Waals surface area contributed by atoms with Gasteiger partial charge in [0.1, 0.15) is 0 Å². The fourth-order valence-electron chi connectivity index (χ4n) is 1.51. The molecule has 0 aliphatic carbocycles. The van der Waals surface area contributed by atoms with Crippen LogP contribution in [0.5, 0.6) is 0 Å². The summed E-state index contributed by atoms with van der Waals surface area (Å²) in [6, 6.07) is 4.12. The summed E-state index contributed by atoms with van der Waals surface area (Å²) in [6.07, 6.45) is 5.81. The van der Waals surface area contributed by atoms with E-state index in [1.54, 1.807) is 6.92 Å². The Kier molecular flexibility index (Phi) is 4.51. The van der Waals surface area contributed by atoms with Gasteiger partial charge in [0, 0.05) is 6.42 Å². The summed E-state index contributed by atoms with van der Waals surface area (Å²) in [5, 5.41) is 8.95. The van der Waals surface area contributed by atoms with Gasteiger partial charge in [0.05, 0.1) is 16.2 Å². The van der Waals surface area contributed by atoms with Crippen LogP contribution in [0.25, 0.3) is 0 Å². The minimum Gasteiger partial charge on any atom is -0.478 e. The highest BCUT2D eigenvalue weighted by atomic mass is 32.2. The lowest BCUT2D eigenvalue weighted by Crippen LogP contribution is -2.09. The monoisotopic (exact) mass is 266 g/mol. The van der Waals surface area contributed by atoms with Crippen LogP contribution in [0.4, 0.5) is 0 Å². The average Bonchev–Trinajstić information content (AvgIpc) is 2.29. The summed E-state index contributed by atoms with van der Waals surface area (Å²) in [6.45, 7) is 1.62. The molecule has 0 saturated heterocycles.